The lowest BCUT2D eigenvalue weighted by atomic mass is 10.1. The summed E-state index contributed by atoms with van der Waals surface area (Å²) in [5.41, 5.74) is 2.66. The van der Waals surface area contributed by atoms with Gasteiger partial charge in [-0.15, -0.1) is 0 Å². The minimum atomic E-state index is 0.295. The Balaban J connectivity index is 0.000000160. The zero-order valence-electron chi connectivity index (χ0n) is 10.1. The summed E-state index contributed by atoms with van der Waals surface area (Å²) < 4.78 is 0. The highest BCUT2D eigenvalue weighted by atomic mass is 16.3. The molecule has 0 radical (unpaired) electrons. The van der Waals surface area contributed by atoms with E-state index in [2.05, 4.69) is 43.1 Å². The fourth-order valence-corrected chi connectivity index (χ4v) is 1.34. The molecule has 0 fully saturated rings. The molecule has 1 heterocycles. The monoisotopic (exact) mass is 217 g/mol. The molecule has 86 valence electrons. The van der Waals surface area contributed by atoms with E-state index in [0.29, 0.717) is 11.7 Å². The fourth-order valence-electron chi connectivity index (χ4n) is 1.34. The van der Waals surface area contributed by atoms with Crippen LogP contribution in [0.25, 0.3) is 0 Å². The highest BCUT2D eigenvalue weighted by Crippen LogP contribution is 2.04. The maximum atomic E-state index is 8.79. The molecule has 1 aromatic rings. The third-order valence-electron chi connectivity index (χ3n) is 2.29. The smallest absolute Gasteiger partial charge is 0.129 e. The van der Waals surface area contributed by atoms with Crippen LogP contribution in [0.5, 0.6) is 0 Å². The number of hydrogen-bond acceptors (Lipinski definition) is 2. The Hall–Kier alpha value is -1.57. The van der Waals surface area contributed by atoms with Gasteiger partial charge in [-0.3, -0.25) is 4.99 Å². The maximum absolute atomic E-state index is 8.79. The zero-order valence-corrected chi connectivity index (χ0v) is 10.1. The first-order chi connectivity index (χ1) is 7.58. The van der Waals surface area contributed by atoms with E-state index in [0.717, 1.165) is 6.54 Å². The van der Waals surface area contributed by atoms with Crippen molar-refractivity contribution >= 4 is 6.21 Å². The lowest BCUT2D eigenvalue weighted by Gasteiger charge is -2.05. The predicted octanol–water partition coefficient (Wildman–Crippen LogP) is 3.45. The molecule has 1 N–H and O–H groups in total. The number of aliphatic hydroxyl groups excluding tert-OH is 1. The maximum Gasteiger partial charge on any atom is 0.129 e. The lowest BCUT2D eigenvalue weighted by molar-refractivity contribution is 0.434. The van der Waals surface area contributed by atoms with E-state index in [9.17, 15) is 0 Å². The van der Waals surface area contributed by atoms with Crippen molar-refractivity contribution in [3.8, 4) is 0 Å². The highest BCUT2D eigenvalue weighted by Gasteiger charge is 2.01. The van der Waals surface area contributed by atoms with E-state index >= 15 is 0 Å². The first-order valence-corrected chi connectivity index (χ1v) is 5.52. The number of allylic oxidation sites excluding steroid dienone is 1. The molecule has 1 aliphatic heterocycles. The quantitative estimate of drug-likeness (QED) is 0.709. The van der Waals surface area contributed by atoms with E-state index in [4.69, 9.17) is 5.11 Å². The fraction of sp³-hybridized carbons (Fsp3) is 0.357. The molecule has 0 aliphatic carbocycles. The van der Waals surface area contributed by atoms with Crippen molar-refractivity contribution in [2.24, 2.45) is 10.9 Å². The molecule has 0 bridgehead atoms. The molecule has 0 aromatic heterocycles. The van der Waals surface area contributed by atoms with Gasteiger partial charge in [0.25, 0.3) is 0 Å². The van der Waals surface area contributed by atoms with Gasteiger partial charge in [-0.05, 0) is 25.8 Å². The number of aryl methyl sites for hydroxylation is 2. The number of aliphatic imine (C=N–C) groups is 1. The molecule has 1 unspecified atom stereocenters. The summed E-state index contributed by atoms with van der Waals surface area (Å²) >= 11 is 0. The summed E-state index contributed by atoms with van der Waals surface area (Å²) in [7, 11) is 0. The topological polar surface area (TPSA) is 32.6 Å². The predicted molar refractivity (Wildman–Crippen MR) is 69.2 cm³/mol. The zero-order chi connectivity index (χ0) is 12.0. The van der Waals surface area contributed by atoms with Gasteiger partial charge in [0.05, 0.1) is 6.21 Å². The van der Waals surface area contributed by atoms with Crippen LogP contribution in [0, 0.1) is 19.8 Å². The van der Waals surface area contributed by atoms with Crippen LogP contribution in [0.4, 0.5) is 0 Å². The molecule has 0 saturated heterocycles. The number of benzene rings is 1. The average Bonchev–Trinajstić information content (AvgIpc) is 2.23. The number of hydrogen-bond donors (Lipinski definition) is 1. The minimum absolute atomic E-state index is 0.295. The Bertz CT molecular complexity index is 355. The van der Waals surface area contributed by atoms with Gasteiger partial charge in [-0.1, -0.05) is 42.3 Å². The van der Waals surface area contributed by atoms with Crippen molar-refractivity contribution in [3.05, 3.63) is 47.2 Å². The third-order valence-corrected chi connectivity index (χ3v) is 2.29. The second-order valence-electron chi connectivity index (χ2n) is 4.22. The Morgan fingerprint density at radius 3 is 1.94 bits per heavy atom. The first kappa shape index (κ1) is 12.5. The summed E-state index contributed by atoms with van der Waals surface area (Å²) in [6.45, 7) is 7.02. The minimum Gasteiger partial charge on any atom is -0.507 e. The van der Waals surface area contributed by atoms with Gasteiger partial charge in [-0.25, -0.2) is 0 Å². The molecule has 2 nitrogen and oxygen atoms in total. The first-order valence-electron chi connectivity index (χ1n) is 5.52. The van der Waals surface area contributed by atoms with Gasteiger partial charge in [0.15, 0.2) is 0 Å². The summed E-state index contributed by atoms with van der Waals surface area (Å²) in [5, 5.41) is 8.79. The summed E-state index contributed by atoms with van der Waals surface area (Å²) in [5.74, 6) is 0.698. The molecule has 2 rings (SSSR count). The van der Waals surface area contributed by atoms with Crippen molar-refractivity contribution in [2.45, 2.75) is 20.8 Å². The number of dihydropyridines is 1. The molecule has 0 amide bonds. The molecule has 16 heavy (non-hydrogen) atoms. The highest BCUT2D eigenvalue weighted by molar-refractivity contribution is 5.76. The van der Waals surface area contributed by atoms with Crippen LogP contribution in [-0.4, -0.2) is 17.9 Å². The van der Waals surface area contributed by atoms with Gasteiger partial charge in [-0.2, -0.15) is 0 Å². The van der Waals surface area contributed by atoms with Crippen molar-refractivity contribution in [2.75, 3.05) is 6.54 Å². The van der Waals surface area contributed by atoms with E-state index < -0.39 is 0 Å². The summed E-state index contributed by atoms with van der Waals surface area (Å²) in [6, 6.07) is 8.48. The van der Waals surface area contributed by atoms with Gasteiger partial charge in [0, 0.05) is 6.54 Å². The molecule has 2 heteroatoms. The third kappa shape index (κ3) is 4.78. The lowest BCUT2D eigenvalue weighted by Crippen LogP contribution is -2.03. The molecular formula is C14H19NO. The van der Waals surface area contributed by atoms with Crippen LogP contribution in [0.15, 0.2) is 41.1 Å². The number of nitrogens with zero attached hydrogens (tertiary/aromatic N) is 1. The average molecular weight is 217 g/mol. The molecule has 1 aliphatic rings. The van der Waals surface area contributed by atoms with Crippen LogP contribution in [0.3, 0.4) is 0 Å². The van der Waals surface area contributed by atoms with Crippen molar-refractivity contribution in [3.63, 3.8) is 0 Å². The van der Waals surface area contributed by atoms with E-state index in [1.807, 2.05) is 6.92 Å². The standard InChI is InChI=1S/C8H10.C6H9NO/c1-7-3-5-8(2)6-4-7;1-5-2-6(8)4-7-3-5/h3-6H,1-2H3;2,4-5,8H,3H2,1H3. The van der Waals surface area contributed by atoms with E-state index in [-0.39, 0.29) is 0 Å². The van der Waals surface area contributed by atoms with Gasteiger partial charge in [0.2, 0.25) is 0 Å². The molecule has 0 saturated carbocycles. The molecular weight excluding hydrogens is 198 g/mol. The van der Waals surface area contributed by atoms with Gasteiger partial charge >= 0.3 is 0 Å². The van der Waals surface area contributed by atoms with Crippen LogP contribution in [0.2, 0.25) is 0 Å². The Kier molecular flexibility index (Phi) is 4.77. The van der Waals surface area contributed by atoms with Gasteiger partial charge < -0.3 is 5.11 Å². The molecule has 1 atom stereocenters. The van der Waals surface area contributed by atoms with Crippen LogP contribution >= 0.6 is 0 Å². The largest absolute Gasteiger partial charge is 0.507 e. The summed E-state index contributed by atoms with van der Waals surface area (Å²) in [6.07, 6.45) is 3.28. The molecule has 1 aromatic carbocycles. The normalized spacial score (nSPS) is 18.4. The van der Waals surface area contributed by atoms with Crippen LogP contribution < -0.4 is 0 Å². The van der Waals surface area contributed by atoms with E-state index in [1.54, 1.807) is 6.08 Å². The van der Waals surface area contributed by atoms with Crippen LogP contribution in [-0.2, 0) is 0 Å². The van der Waals surface area contributed by atoms with E-state index in [1.165, 1.54) is 17.3 Å². The Morgan fingerprint density at radius 2 is 1.62 bits per heavy atom. The van der Waals surface area contributed by atoms with Crippen LogP contribution in [0.1, 0.15) is 18.1 Å². The second kappa shape index (κ2) is 6.11. The summed E-state index contributed by atoms with van der Waals surface area (Å²) in [4.78, 5) is 3.90. The Morgan fingerprint density at radius 1 is 1.12 bits per heavy atom. The van der Waals surface area contributed by atoms with Gasteiger partial charge in [0.1, 0.15) is 5.76 Å². The van der Waals surface area contributed by atoms with Crippen molar-refractivity contribution in [1.82, 2.24) is 0 Å². The number of rotatable bonds is 0. The molecule has 0 spiro atoms. The van der Waals surface area contributed by atoms with Crippen molar-refractivity contribution < 1.29 is 5.11 Å². The Labute approximate surface area is 97.4 Å². The number of aliphatic hydroxyl groups is 1. The SMILES string of the molecule is CC1C=C(O)C=NC1.Cc1ccc(C)cc1. The van der Waals surface area contributed by atoms with Crippen molar-refractivity contribution in [1.29, 1.82) is 0 Å². The second-order valence-corrected chi connectivity index (χ2v) is 4.22.